The molecule has 1 aromatic heterocycles. The van der Waals surface area contributed by atoms with Gasteiger partial charge in [-0.05, 0) is 50.5 Å². The summed E-state index contributed by atoms with van der Waals surface area (Å²) < 4.78 is 5.44. The first-order valence-corrected chi connectivity index (χ1v) is 8.16. The van der Waals surface area contributed by atoms with Crippen LogP contribution in [0.25, 0.3) is 0 Å². The summed E-state index contributed by atoms with van der Waals surface area (Å²) in [5, 5.41) is 6.59. The molecule has 1 heterocycles. The van der Waals surface area contributed by atoms with Crippen LogP contribution in [0.5, 0.6) is 5.75 Å². The second-order valence-electron chi connectivity index (χ2n) is 5.91. The molecule has 0 unspecified atom stereocenters. The van der Waals surface area contributed by atoms with Crippen molar-refractivity contribution in [2.75, 3.05) is 23.8 Å². The van der Waals surface area contributed by atoms with Crippen molar-refractivity contribution in [1.29, 1.82) is 0 Å². The van der Waals surface area contributed by atoms with Crippen LogP contribution in [0, 0.1) is 12.8 Å². The lowest BCUT2D eigenvalue weighted by Gasteiger charge is -2.11. The van der Waals surface area contributed by atoms with Gasteiger partial charge in [0, 0.05) is 24.0 Å². The summed E-state index contributed by atoms with van der Waals surface area (Å²) in [4.78, 5) is 8.96. The molecule has 0 saturated carbocycles. The van der Waals surface area contributed by atoms with Gasteiger partial charge in [0.05, 0.1) is 6.61 Å². The third-order valence-electron chi connectivity index (χ3n) is 3.30. The van der Waals surface area contributed by atoms with Crippen LogP contribution in [-0.2, 0) is 0 Å². The van der Waals surface area contributed by atoms with Gasteiger partial charge in [0.1, 0.15) is 11.6 Å². The van der Waals surface area contributed by atoms with Crippen LogP contribution in [0.1, 0.15) is 32.9 Å². The van der Waals surface area contributed by atoms with Gasteiger partial charge in [0.25, 0.3) is 0 Å². The predicted octanol–water partition coefficient (Wildman–Crippen LogP) is 4.39. The number of benzene rings is 1. The maximum Gasteiger partial charge on any atom is 0.229 e. The highest BCUT2D eigenvalue weighted by atomic mass is 16.5. The van der Waals surface area contributed by atoms with E-state index >= 15 is 0 Å². The number of rotatable bonds is 8. The molecule has 0 saturated heterocycles. The van der Waals surface area contributed by atoms with E-state index in [9.17, 15) is 0 Å². The van der Waals surface area contributed by atoms with Crippen molar-refractivity contribution in [3.63, 3.8) is 0 Å². The van der Waals surface area contributed by atoms with Crippen molar-refractivity contribution in [1.82, 2.24) is 9.97 Å². The monoisotopic (exact) mass is 314 g/mol. The highest BCUT2D eigenvalue weighted by Crippen LogP contribution is 2.19. The third-order valence-corrected chi connectivity index (χ3v) is 3.30. The zero-order chi connectivity index (χ0) is 16.7. The quantitative estimate of drug-likeness (QED) is 0.757. The molecule has 0 fully saturated rings. The highest BCUT2D eigenvalue weighted by Gasteiger charge is 2.04. The lowest BCUT2D eigenvalue weighted by Crippen LogP contribution is -2.08. The Hall–Kier alpha value is -2.30. The lowest BCUT2D eigenvalue weighted by atomic mass is 10.1. The van der Waals surface area contributed by atoms with Crippen LogP contribution in [-0.4, -0.2) is 23.1 Å². The summed E-state index contributed by atoms with van der Waals surface area (Å²) in [5.74, 6) is 2.99. The Bertz CT molecular complexity index is 611. The molecule has 0 spiro atoms. The smallest absolute Gasteiger partial charge is 0.229 e. The fraction of sp³-hybridized carbons (Fsp3) is 0.444. The molecule has 1 aromatic carbocycles. The molecule has 0 aliphatic heterocycles. The van der Waals surface area contributed by atoms with Crippen LogP contribution in [0.4, 0.5) is 17.5 Å². The van der Waals surface area contributed by atoms with Gasteiger partial charge in [-0.25, -0.2) is 4.98 Å². The summed E-state index contributed by atoms with van der Waals surface area (Å²) in [6.07, 6.45) is 1.12. The molecule has 0 radical (unpaired) electrons. The summed E-state index contributed by atoms with van der Waals surface area (Å²) in [6, 6.07) is 9.75. The van der Waals surface area contributed by atoms with Crippen LogP contribution >= 0.6 is 0 Å². The maximum atomic E-state index is 5.44. The van der Waals surface area contributed by atoms with Gasteiger partial charge in [-0.15, -0.1) is 0 Å². The number of nitrogens with one attached hydrogen (secondary N) is 2. The van der Waals surface area contributed by atoms with Gasteiger partial charge < -0.3 is 15.4 Å². The Morgan fingerprint density at radius 1 is 1.13 bits per heavy atom. The number of anilines is 3. The SMILES string of the molecule is CCOc1ccc(Nc2nc(C)cc(NCCC(C)C)n2)cc1. The Labute approximate surface area is 138 Å². The molecular formula is C18H26N4O. The summed E-state index contributed by atoms with van der Waals surface area (Å²) in [5.41, 5.74) is 1.87. The van der Waals surface area contributed by atoms with Crippen molar-refractivity contribution in [3.05, 3.63) is 36.0 Å². The minimum Gasteiger partial charge on any atom is -0.494 e. The Balaban J connectivity index is 2.02. The molecule has 124 valence electrons. The number of nitrogens with zero attached hydrogens (tertiary/aromatic N) is 2. The molecule has 5 heteroatoms. The highest BCUT2D eigenvalue weighted by molar-refractivity contribution is 5.56. The summed E-state index contributed by atoms with van der Waals surface area (Å²) >= 11 is 0. The summed E-state index contributed by atoms with van der Waals surface area (Å²) in [6.45, 7) is 9.95. The van der Waals surface area contributed by atoms with Gasteiger partial charge in [0.15, 0.2) is 0 Å². The Morgan fingerprint density at radius 3 is 2.52 bits per heavy atom. The first kappa shape index (κ1) is 17.1. The lowest BCUT2D eigenvalue weighted by molar-refractivity contribution is 0.340. The Kier molecular flexibility index (Phi) is 6.20. The molecule has 0 atom stereocenters. The molecule has 2 N–H and O–H groups in total. The second-order valence-corrected chi connectivity index (χ2v) is 5.91. The fourth-order valence-corrected chi connectivity index (χ4v) is 2.13. The van der Waals surface area contributed by atoms with Gasteiger partial charge in [-0.1, -0.05) is 13.8 Å². The largest absolute Gasteiger partial charge is 0.494 e. The number of hydrogen-bond acceptors (Lipinski definition) is 5. The predicted molar refractivity (Wildman–Crippen MR) is 95.6 cm³/mol. The number of ether oxygens (including phenoxy) is 1. The Morgan fingerprint density at radius 2 is 1.87 bits per heavy atom. The average molecular weight is 314 g/mol. The molecule has 2 rings (SSSR count). The van der Waals surface area contributed by atoms with E-state index in [1.54, 1.807) is 0 Å². The maximum absolute atomic E-state index is 5.44. The van der Waals surface area contributed by atoms with Crippen molar-refractivity contribution in [2.24, 2.45) is 5.92 Å². The van der Waals surface area contributed by atoms with E-state index in [4.69, 9.17) is 4.74 Å². The van der Waals surface area contributed by atoms with Gasteiger partial charge >= 0.3 is 0 Å². The van der Waals surface area contributed by atoms with Crippen LogP contribution in [0.2, 0.25) is 0 Å². The van der Waals surface area contributed by atoms with E-state index in [0.29, 0.717) is 18.5 Å². The zero-order valence-electron chi connectivity index (χ0n) is 14.4. The number of aromatic nitrogens is 2. The molecule has 0 aliphatic carbocycles. The van der Waals surface area contributed by atoms with Crippen LogP contribution in [0.15, 0.2) is 30.3 Å². The van der Waals surface area contributed by atoms with Crippen molar-refractivity contribution in [2.45, 2.75) is 34.1 Å². The minimum absolute atomic E-state index is 0.598. The second kappa shape index (κ2) is 8.36. The third kappa shape index (κ3) is 5.77. The number of hydrogen-bond donors (Lipinski definition) is 2. The first-order valence-electron chi connectivity index (χ1n) is 8.16. The molecule has 5 nitrogen and oxygen atoms in total. The standard InChI is InChI=1S/C18H26N4O/c1-5-23-16-8-6-15(7-9-16)21-18-20-14(4)12-17(22-18)19-11-10-13(2)3/h6-9,12-13H,5,10-11H2,1-4H3,(H2,19,20,21,22). The van der Waals surface area contributed by atoms with E-state index in [1.807, 2.05) is 44.2 Å². The molecule has 2 aromatic rings. The molecule has 23 heavy (non-hydrogen) atoms. The average Bonchev–Trinajstić information content (AvgIpc) is 2.48. The molecule has 0 aliphatic rings. The fourth-order valence-electron chi connectivity index (χ4n) is 2.13. The first-order chi connectivity index (χ1) is 11.1. The van der Waals surface area contributed by atoms with E-state index in [2.05, 4.69) is 34.4 Å². The molecular weight excluding hydrogens is 288 g/mol. The summed E-state index contributed by atoms with van der Waals surface area (Å²) in [7, 11) is 0. The van der Waals surface area contributed by atoms with Gasteiger partial charge in [-0.3, -0.25) is 0 Å². The number of aryl methyl sites for hydroxylation is 1. The normalized spacial score (nSPS) is 10.7. The van der Waals surface area contributed by atoms with Crippen LogP contribution < -0.4 is 15.4 Å². The van der Waals surface area contributed by atoms with Crippen LogP contribution in [0.3, 0.4) is 0 Å². The molecule has 0 amide bonds. The van der Waals surface area contributed by atoms with Crippen molar-refractivity contribution < 1.29 is 4.74 Å². The van der Waals surface area contributed by atoms with E-state index in [-0.39, 0.29) is 0 Å². The van der Waals surface area contributed by atoms with Crippen molar-refractivity contribution >= 4 is 17.5 Å². The van der Waals surface area contributed by atoms with E-state index < -0.39 is 0 Å². The van der Waals surface area contributed by atoms with Gasteiger partial charge in [0.2, 0.25) is 5.95 Å². The van der Waals surface area contributed by atoms with E-state index in [0.717, 1.165) is 35.9 Å². The van der Waals surface area contributed by atoms with Crippen molar-refractivity contribution in [3.8, 4) is 5.75 Å². The van der Waals surface area contributed by atoms with E-state index in [1.165, 1.54) is 0 Å². The topological polar surface area (TPSA) is 59.1 Å². The minimum atomic E-state index is 0.598. The van der Waals surface area contributed by atoms with Gasteiger partial charge in [-0.2, -0.15) is 4.98 Å². The zero-order valence-corrected chi connectivity index (χ0v) is 14.4. The molecule has 0 bridgehead atoms.